The van der Waals surface area contributed by atoms with Crippen molar-refractivity contribution in [1.29, 1.82) is 0 Å². The van der Waals surface area contributed by atoms with Crippen molar-refractivity contribution in [2.75, 3.05) is 29.9 Å². The van der Waals surface area contributed by atoms with Gasteiger partial charge in [-0.25, -0.2) is 4.98 Å². The van der Waals surface area contributed by atoms with Gasteiger partial charge in [0.25, 0.3) is 0 Å². The summed E-state index contributed by atoms with van der Waals surface area (Å²) in [4.78, 5) is 23.6. The quantitative estimate of drug-likeness (QED) is 0.857. The van der Waals surface area contributed by atoms with Crippen LogP contribution in [0.1, 0.15) is 32.3 Å². The standard InChI is InChI=1S/C21H26N4O3/c1-3-27-19-10-16-9-14(2)28-18(16)11-17(19)24-21(26)15-5-4-8-25(13-15)20-12-22-6-7-23-20/h6-7,10-12,14-15H,3-5,8-9,13H2,1-2H3,(H,24,26). The van der Waals surface area contributed by atoms with Gasteiger partial charge in [-0.05, 0) is 32.8 Å². The molecular formula is C21H26N4O3. The van der Waals surface area contributed by atoms with E-state index in [1.807, 2.05) is 26.0 Å². The van der Waals surface area contributed by atoms with Crippen LogP contribution >= 0.6 is 0 Å². The van der Waals surface area contributed by atoms with E-state index in [2.05, 4.69) is 20.2 Å². The largest absolute Gasteiger partial charge is 0.492 e. The summed E-state index contributed by atoms with van der Waals surface area (Å²) in [5, 5.41) is 3.07. The fourth-order valence-electron chi connectivity index (χ4n) is 3.90. The number of ether oxygens (including phenoxy) is 2. The molecule has 28 heavy (non-hydrogen) atoms. The van der Waals surface area contributed by atoms with Crippen molar-refractivity contribution in [3.63, 3.8) is 0 Å². The number of aromatic nitrogens is 2. The van der Waals surface area contributed by atoms with Crippen molar-refractivity contribution >= 4 is 17.4 Å². The molecule has 2 aliphatic rings. The van der Waals surface area contributed by atoms with Gasteiger partial charge in [-0.1, -0.05) is 0 Å². The van der Waals surface area contributed by atoms with Crippen molar-refractivity contribution in [3.8, 4) is 11.5 Å². The third-order valence-corrected chi connectivity index (χ3v) is 5.22. The number of carbonyl (C=O) groups is 1. The van der Waals surface area contributed by atoms with E-state index in [9.17, 15) is 4.79 Å². The summed E-state index contributed by atoms with van der Waals surface area (Å²) < 4.78 is 11.6. The minimum absolute atomic E-state index is 0.000499. The lowest BCUT2D eigenvalue weighted by Crippen LogP contribution is -2.41. The minimum atomic E-state index is -0.113. The summed E-state index contributed by atoms with van der Waals surface area (Å²) in [5.74, 6) is 2.23. The van der Waals surface area contributed by atoms with E-state index in [-0.39, 0.29) is 17.9 Å². The Morgan fingerprint density at radius 2 is 2.29 bits per heavy atom. The minimum Gasteiger partial charge on any atom is -0.492 e. The Bertz CT molecular complexity index is 843. The molecule has 0 bridgehead atoms. The molecule has 2 unspecified atom stereocenters. The fourth-order valence-corrected chi connectivity index (χ4v) is 3.90. The molecule has 7 heteroatoms. The van der Waals surface area contributed by atoms with Crippen molar-refractivity contribution in [1.82, 2.24) is 9.97 Å². The summed E-state index contributed by atoms with van der Waals surface area (Å²) in [5.41, 5.74) is 1.80. The Kier molecular flexibility index (Phi) is 5.32. The number of benzene rings is 1. The van der Waals surface area contributed by atoms with Crippen LogP contribution in [0.15, 0.2) is 30.7 Å². The maximum atomic E-state index is 13.0. The maximum absolute atomic E-state index is 13.0. The normalized spacial score (nSPS) is 21.0. The van der Waals surface area contributed by atoms with E-state index in [0.717, 1.165) is 42.9 Å². The highest BCUT2D eigenvalue weighted by Crippen LogP contribution is 2.38. The monoisotopic (exact) mass is 382 g/mol. The van der Waals surface area contributed by atoms with Crippen LogP contribution in [-0.2, 0) is 11.2 Å². The molecule has 1 aromatic carbocycles. The first kappa shape index (κ1) is 18.5. The highest BCUT2D eigenvalue weighted by molar-refractivity contribution is 5.95. The Morgan fingerprint density at radius 1 is 1.39 bits per heavy atom. The molecule has 0 spiro atoms. The molecule has 3 heterocycles. The summed E-state index contributed by atoms with van der Waals surface area (Å²) in [7, 11) is 0. The first-order valence-corrected chi connectivity index (χ1v) is 9.92. The van der Waals surface area contributed by atoms with Crippen LogP contribution in [0.25, 0.3) is 0 Å². The van der Waals surface area contributed by atoms with Gasteiger partial charge < -0.3 is 19.7 Å². The number of anilines is 2. The van der Waals surface area contributed by atoms with Crippen molar-refractivity contribution in [2.24, 2.45) is 5.92 Å². The van der Waals surface area contributed by atoms with Gasteiger partial charge >= 0.3 is 0 Å². The van der Waals surface area contributed by atoms with Crippen LogP contribution < -0.4 is 19.7 Å². The molecule has 148 valence electrons. The molecule has 0 radical (unpaired) electrons. The van der Waals surface area contributed by atoms with E-state index in [0.29, 0.717) is 24.6 Å². The van der Waals surface area contributed by atoms with Gasteiger partial charge in [0, 0.05) is 43.5 Å². The van der Waals surface area contributed by atoms with Crippen LogP contribution in [0.3, 0.4) is 0 Å². The first-order chi connectivity index (χ1) is 13.6. The second-order valence-electron chi connectivity index (χ2n) is 7.36. The number of nitrogens with zero attached hydrogens (tertiary/aromatic N) is 3. The van der Waals surface area contributed by atoms with E-state index < -0.39 is 0 Å². The van der Waals surface area contributed by atoms with Crippen LogP contribution in [0.4, 0.5) is 11.5 Å². The molecule has 4 rings (SSSR count). The molecule has 7 nitrogen and oxygen atoms in total. The highest BCUT2D eigenvalue weighted by Gasteiger charge is 2.28. The lowest BCUT2D eigenvalue weighted by Gasteiger charge is -2.32. The van der Waals surface area contributed by atoms with Crippen molar-refractivity contribution in [3.05, 3.63) is 36.3 Å². The number of amides is 1. The average Bonchev–Trinajstić information content (AvgIpc) is 3.08. The smallest absolute Gasteiger partial charge is 0.229 e. The summed E-state index contributed by atoms with van der Waals surface area (Å²) in [6.07, 6.45) is 7.88. The number of hydrogen-bond donors (Lipinski definition) is 1. The Labute approximate surface area is 165 Å². The topological polar surface area (TPSA) is 76.6 Å². The molecule has 1 amide bonds. The van der Waals surface area contributed by atoms with Gasteiger partial charge in [-0.3, -0.25) is 9.78 Å². The zero-order chi connectivity index (χ0) is 19.5. The van der Waals surface area contributed by atoms with E-state index >= 15 is 0 Å². The lowest BCUT2D eigenvalue weighted by atomic mass is 9.97. The summed E-state index contributed by atoms with van der Waals surface area (Å²) in [6.45, 7) is 6.05. The molecule has 2 aliphatic heterocycles. The highest BCUT2D eigenvalue weighted by atomic mass is 16.5. The average molecular weight is 382 g/mol. The van der Waals surface area contributed by atoms with E-state index in [1.54, 1.807) is 18.6 Å². The van der Waals surface area contributed by atoms with Crippen LogP contribution in [0, 0.1) is 5.92 Å². The summed E-state index contributed by atoms with van der Waals surface area (Å²) in [6, 6.07) is 3.88. The number of fused-ring (bicyclic) bond motifs is 1. The molecule has 0 saturated carbocycles. The van der Waals surface area contributed by atoms with Gasteiger partial charge in [0.05, 0.1) is 24.4 Å². The van der Waals surface area contributed by atoms with Crippen LogP contribution in [-0.4, -0.2) is 41.7 Å². The third kappa shape index (κ3) is 3.88. The van der Waals surface area contributed by atoms with E-state index in [4.69, 9.17) is 9.47 Å². The zero-order valence-corrected chi connectivity index (χ0v) is 16.4. The number of hydrogen-bond acceptors (Lipinski definition) is 6. The van der Waals surface area contributed by atoms with Crippen LogP contribution in [0.5, 0.6) is 11.5 Å². The predicted octanol–water partition coefficient (Wildman–Crippen LogP) is 3.05. The molecule has 1 N–H and O–H groups in total. The Balaban J connectivity index is 1.49. The van der Waals surface area contributed by atoms with E-state index in [1.165, 1.54) is 0 Å². The predicted molar refractivity (Wildman–Crippen MR) is 107 cm³/mol. The fraction of sp³-hybridized carbons (Fsp3) is 0.476. The SMILES string of the molecule is CCOc1cc2c(cc1NC(=O)C1CCCN(c3cnccn3)C1)OC(C)C2. The molecule has 2 aromatic rings. The van der Waals surface area contributed by atoms with Gasteiger partial charge in [-0.2, -0.15) is 0 Å². The number of carbonyl (C=O) groups excluding carboxylic acids is 1. The molecule has 1 aromatic heterocycles. The van der Waals surface area contributed by atoms with Crippen LogP contribution in [0.2, 0.25) is 0 Å². The number of rotatable bonds is 5. The molecule has 0 aliphatic carbocycles. The van der Waals surface area contributed by atoms with Gasteiger partial charge in [0.2, 0.25) is 5.91 Å². The zero-order valence-electron chi connectivity index (χ0n) is 16.4. The molecular weight excluding hydrogens is 356 g/mol. The number of piperidine rings is 1. The van der Waals surface area contributed by atoms with Gasteiger partial charge in [0.1, 0.15) is 23.4 Å². The Morgan fingerprint density at radius 3 is 3.07 bits per heavy atom. The molecule has 2 atom stereocenters. The second-order valence-corrected chi connectivity index (χ2v) is 7.36. The second kappa shape index (κ2) is 8.04. The van der Waals surface area contributed by atoms with Gasteiger partial charge in [-0.15, -0.1) is 0 Å². The lowest BCUT2D eigenvalue weighted by molar-refractivity contribution is -0.120. The van der Waals surface area contributed by atoms with Crippen molar-refractivity contribution < 1.29 is 14.3 Å². The molecule has 1 fully saturated rings. The third-order valence-electron chi connectivity index (χ3n) is 5.22. The first-order valence-electron chi connectivity index (χ1n) is 9.92. The summed E-state index contributed by atoms with van der Waals surface area (Å²) >= 11 is 0. The maximum Gasteiger partial charge on any atom is 0.229 e. The van der Waals surface area contributed by atoms with Crippen molar-refractivity contribution in [2.45, 2.75) is 39.2 Å². The Hall–Kier alpha value is -2.83. The van der Waals surface area contributed by atoms with Gasteiger partial charge in [0.15, 0.2) is 0 Å². The molecule has 1 saturated heterocycles. The number of nitrogens with one attached hydrogen (secondary N) is 1.